The van der Waals surface area contributed by atoms with Crippen molar-refractivity contribution < 1.29 is 38.0 Å². The smallest absolute Gasteiger partial charge is 0.309 e. The van der Waals surface area contributed by atoms with E-state index >= 15 is 0 Å². The molecule has 0 aliphatic rings. The maximum atomic E-state index is 12.4. The van der Waals surface area contributed by atoms with Crippen molar-refractivity contribution in [2.24, 2.45) is 5.92 Å². The number of hydrogen-bond donors (Lipinski definition) is 0. The van der Waals surface area contributed by atoms with Gasteiger partial charge in [-0.3, -0.25) is 9.59 Å². The van der Waals surface area contributed by atoms with Gasteiger partial charge in [-0.05, 0) is 19.3 Å². The van der Waals surface area contributed by atoms with Crippen LogP contribution in [0.4, 0.5) is 0 Å². The highest BCUT2D eigenvalue weighted by Crippen LogP contribution is 2.16. The van der Waals surface area contributed by atoms with E-state index in [0.29, 0.717) is 46.1 Å². The molecule has 0 fully saturated rings. The molecule has 8 nitrogen and oxygen atoms in total. The summed E-state index contributed by atoms with van der Waals surface area (Å²) in [5.41, 5.74) is 0. The zero-order valence-electron chi connectivity index (χ0n) is 20.6. The summed E-state index contributed by atoms with van der Waals surface area (Å²) in [5, 5.41) is 0. The van der Waals surface area contributed by atoms with Gasteiger partial charge in [0.1, 0.15) is 13.2 Å². The molecule has 0 saturated heterocycles. The molecule has 0 aromatic rings. The van der Waals surface area contributed by atoms with Crippen molar-refractivity contribution >= 4 is 11.9 Å². The van der Waals surface area contributed by atoms with Crippen LogP contribution in [0.15, 0.2) is 0 Å². The Bertz CT molecular complexity index is 430. The second-order valence-corrected chi connectivity index (χ2v) is 7.59. The summed E-state index contributed by atoms with van der Waals surface area (Å²) in [6.45, 7) is 10.7. The van der Waals surface area contributed by atoms with Crippen LogP contribution in [-0.2, 0) is 38.0 Å². The fraction of sp³-hybridized carbons (Fsp3) is 0.917. The van der Waals surface area contributed by atoms with Crippen molar-refractivity contribution in [3.63, 3.8) is 0 Å². The number of rotatable bonds is 24. The molecule has 8 heteroatoms. The molecule has 0 aromatic carbocycles. The first-order valence-corrected chi connectivity index (χ1v) is 12.3. The molecule has 0 rings (SSSR count). The Labute approximate surface area is 194 Å². The molecule has 0 N–H and O–H groups in total. The summed E-state index contributed by atoms with van der Waals surface area (Å²) >= 11 is 0. The first-order chi connectivity index (χ1) is 15.7. The second kappa shape index (κ2) is 24.4. The van der Waals surface area contributed by atoms with E-state index in [1.54, 1.807) is 0 Å². The molecule has 0 aliphatic heterocycles. The molecule has 0 aliphatic carbocycles. The molecule has 190 valence electrons. The molecule has 0 saturated carbocycles. The third-order valence-electron chi connectivity index (χ3n) is 4.64. The second-order valence-electron chi connectivity index (χ2n) is 7.59. The minimum absolute atomic E-state index is 0.0189. The Morgan fingerprint density at radius 2 is 1.00 bits per heavy atom. The van der Waals surface area contributed by atoms with Crippen molar-refractivity contribution in [1.82, 2.24) is 0 Å². The monoisotopic (exact) mass is 462 g/mol. The molecule has 1 unspecified atom stereocenters. The Kier molecular flexibility index (Phi) is 23.5. The van der Waals surface area contributed by atoms with E-state index in [4.69, 9.17) is 28.4 Å². The van der Waals surface area contributed by atoms with Crippen molar-refractivity contribution in [2.45, 2.75) is 72.1 Å². The molecular weight excluding hydrogens is 416 g/mol. The Morgan fingerprint density at radius 3 is 1.50 bits per heavy atom. The third kappa shape index (κ3) is 20.7. The van der Waals surface area contributed by atoms with Crippen LogP contribution < -0.4 is 0 Å². The van der Waals surface area contributed by atoms with Crippen LogP contribution in [-0.4, -0.2) is 78.0 Å². The summed E-state index contributed by atoms with van der Waals surface area (Å²) in [6.07, 6.45) is 6.69. The average molecular weight is 463 g/mol. The van der Waals surface area contributed by atoms with Crippen LogP contribution in [0.3, 0.4) is 0 Å². The van der Waals surface area contributed by atoms with Gasteiger partial charge in [0.25, 0.3) is 0 Å². The van der Waals surface area contributed by atoms with Gasteiger partial charge < -0.3 is 28.4 Å². The molecule has 1 atom stereocenters. The van der Waals surface area contributed by atoms with E-state index in [1.807, 2.05) is 6.92 Å². The lowest BCUT2D eigenvalue weighted by Gasteiger charge is -2.15. The highest BCUT2D eigenvalue weighted by molar-refractivity contribution is 5.79. The van der Waals surface area contributed by atoms with E-state index in [1.165, 1.54) is 0 Å². The van der Waals surface area contributed by atoms with Gasteiger partial charge in [-0.25, -0.2) is 0 Å². The highest BCUT2D eigenvalue weighted by atomic mass is 16.6. The molecular formula is C24H46O8. The standard InChI is InChI=1S/C24H46O8/c1-4-7-10-22(24(26)32-20-18-30-16-14-28-12-9-6-3)21-23(25)31-19-17-29-15-13-27-11-8-5-2/h22H,4-21H2,1-3H3. The number of carbonyl (C=O) groups excluding carboxylic acids is 2. The topological polar surface area (TPSA) is 89.5 Å². The zero-order valence-corrected chi connectivity index (χ0v) is 20.6. The van der Waals surface area contributed by atoms with Crippen LogP contribution in [0.2, 0.25) is 0 Å². The van der Waals surface area contributed by atoms with Gasteiger partial charge in [0, 0.05) is 13.2 Å². The van der Waals surface area contributed by atoms with Gasteiger partial charge in [-0.2, -0.15) is 0 Å². The maximum Gasteiger partial charge on any atom is 0.309 e. The van der Waals surface area contributed by atoms with Crippen LogP contribution in [0.25, 0.3) is 0 Å². The predicted molar refractivity (Wildman–Crippen MR) is 123 cm³/mol. The van der Waals surface area contributed by atoms with Crippen LogP contribution in [0, 0.1) is 5.92 Å². The Hall–Kier alpha value is -1.22. The maximum absolute atomic E-state index is 12.4. The fourth-order valence-corrected chi connectivity index (χ4v) is 2.68. The van der Waals surface area contributed by atoms with E-state index in [-0.39, 0.29) is 25.6 Å². The van der Waals surface area contributed by atoms with Crippen molar-refractivity contribution in [2.75, 3.05) is 66.1 Å². The minimum Gasteiger partial charge on any atom is -0.463 e. The Morgan fingerprint density at radius 1 is 0.562 bits per heavy atom. The first kappa shape index (κ1) is 30.8. The van der Waals surface area contributed by atoms with E-state index in [9.17, 15) is 9.59 Å². The van der Waals surface area contributed by atoms with E-state index in [2.05, 4.69) is 13.8 Å². The summed E-state index contributed by atoms with van der Waals surface area (Å²) in [4.78, 5) is 24.5. The number of ether oxygens (including phenoxy) is 6. The number of hydrogen-bond acceptors (Lipinski definition) is 8. The predicted octanol–water partition coefficient (Wildman–Crippen LogP) is 3.94. The van der Waals surface area contributed by atoms with Crippen LogP contribution >= 0.6 is 0 Å². The SMILES string of the molecule is CCCCOCCOCCOC(=O)CC(CCCC)C(=O)OCCOCCOCCCC. The van der Waals surface area contributed by atoms with Gasteiger partial charge >= 0.3 is 11.9 Å². The lowest BCUT2D eigenvalue weighted by Crippen LogP contribution is -2.24. The zero-order chi connectivity index (χ0) is 23.7. The quantitative estimate of drug-likeness (QED) is 0.157. The van der Waals surface area contributed by atoms with Crippen LogP contribution in [0.1, 0.15) is 72.1 Å². The van der Waals surface area contributed by atoms with Gasteiger partial charge in [-0.15, -0.1) is 0 Å². The van der Waals surface area contributed by atoms with Crippen LogP contribution in [0.5, 0.6) is 0 Å². The third-order valence-corrected chi connectivity index (χ3v) is 4.64. The van der Waals surface area contributed by atoms with Gasteiger partial charge in [0.2, 0.25) is 0 Å². The average Bonchev–Trinajstić information content (AvgIpc) is 2.79. The molecule has 0 amide bonds. The van der Waals surface area contributed by atoms with E-state index < -0.39 is 11.9 Å². The van der Waals surface area contributed by atoms with Gasteiger partial charge in [0.05, 0.1) is 52.0 Å². The normalized spacial score (nSPS) is 12.0. The minimum atomic E-state index is -0.493. The summed E-state index contributed by atoms with van der Waals surface area (Å²) in [7, 11) is 0. The molecule has 0 spiro atoms. The first-order valence-electron chi connectivity index (χ1n) is 12.3. The van der Waals surface area contributed by atoms with Crippen molar-refractivity contribution in [3.05, 3.63) is 0 Å². The molecule has 0 heterocycles. The van der Waals surface area contributed by atoms with Gasteiger partial charge in [-0.1, -0.05) is 46.5 Å². The fourth-order valence-electron chi connectivity index (χ4n) is 2.68. The molecule has 0 radical (unpaired) electrons. The molecule has 0 bridgehead atoms. The number of carbonyl (C=O) groups is 2. The van der Waals surface area contributed by atoms with E-state index in [0.717, 1.165) is 51.7 Å². The highest BCUT2D eigenvalue weighted by Gasteiger charge is 2.23. The van der Waals surface area contributed by atoms with Gasteiger partial charge in [0.15, 0.2) is 0 Å². The lowest BCUT2D eigenvalue weighted by atomic mass is 9.99. The lowest BCUT2D eigenvalue weighted by molar-refractivity contribution is -0.157. The molecule has 32 heavy (non-hydrogen) atoms. The number of esters is 2. The van der Waals surface area contributed by atoms with Crippen molar-refractivity contribution in [1.29, 1.82) is 0 Å². The summed E-state index contributed by atoms with van der Waals surface area (Å²) < 4.78 is 32.1. The number of unbranched alkanes of at least 4 members (excludes halogenated alkanes) is 3. The van der Waals surface area contributed by atoms with Crippen molar-refractivity contribution in [3.8, 4) is 0 Å². The Balaban J connectivity index is 3.90. The summed E-state index contributed by atoms with van der Waals surface area (Å²) in [5.74, 6) is -1.28. The molecule has 0 aromatic heterocycles. The summed E-state index contributed by atoms with van der Waals surface area (Å²) in [6, 6.07) is 0. The largest absolute Gasteiger partial charge is 0.463 e.